The molecule has 1 rings (SSSR count). The molecule has 3 N–H and O–H groups in total. The quantitative estimate of drug-likeness (QED) is 0.416. The zero-order valence-electron chi connectivity index (χ0n) is 6.97. The summed E-state index contributed by atoms with van der Waals surface area (Å²) in [6, 6.07) is 3.85. The van der Waals surface area contributed by atoms with Gasteiger partial charge in [0.25, 0.3) is 0 Å². The largest absolute Gasteiger partial charge is 0.375 e. The van der Waals surface area contributed by atoms with Gasteiger partial charge >= 0.3 is 0 Å². The number of nitrogens with one attached hydrogen (secondary N) is 1. The van der Waals surface area contributed by atoms with Gasteiger partial charge in [-0.2, -0.15) is 5.10 Å². The molecule has 0 saturated heterocycles. The highest BCUT2D eigenvalue weighted by molar-refractivity contribution is 7.80. The molecule has 68 valence electrons. The molecule has 5 heteroatoms. The standard InChI is InChI=1S/C8H10N4S/c9-8(13)12-11-6-3-7-1-4-10-5-2-7/h1-2,4-6H,3H2,(H3,9,12,13). The molecule has 4 nitrogen and oxygen atoms in total. The van der Waals surface area contributed by atoms with Crippen molar-refractivity contribution in [1.82, 2.24) is 10.4 Å². The Kier molecular flexibility index (Phi) is 3.84. The van der Waals surface area contributed by atoms with Gasteiger partial charge in [-0.15, -0.1) is 0 Å². The number of thiocarbonyl (C=S) groups is 1. The minimum atomic E-state index is 0.172. The van der Waals surface area contributed by atoms with Crippen molar-refractivity contribution in [3.8, 4) is 0 Å². The third-order valence-electron chi connectivity index (χ3n) is 1.34. The fraction of sp³-hybridized carbons (Fsp3) is 0.125. The van der Waals surface area contributed by atoms with Gasteiger partial charge in [-0.3, -0.25) is 10.4 Å². The van der Waals surface area contributed by atoms with Crippen LogP contribution in [0.1, 0.15) is 5.56 Å². The summed E-state index contributed by atoms with van der Waals surface area (Å²) < 4.78 is 0. The number of pyridine rings is 1. The van der Waals surface area contributed by atoms with Gasteiger partial charge in [0.1, 0.15) is 0 Å². The highest BCUT2D eigenvalue weighted by Crippen LogP contribution is 1.94. The molecule has 0 spiro atoms. The molecule has 1 aromatic rings. The van der Waals surface area contributed by atoms with Crippen LogP contribution >= 0.6 is 12.2 Å². The summed E-state index contributed by atoms with van der Waals surface area (Å²) in [5.41, 5.74) is 8.79. The van der Waals surface area contributed by atoms with Crippen molar-refractivity contribution < 1.29 is 0 Å². The number of hydrogen-bond acceptors (Lipinski definition) is 3. The molecule has 13 heavy (non-hydrogen) atoms. The van der Waals surface area contributed by atoms with Gasteiger partial charge in [0.15, 0.2) is 5.11 Å². The molecule has 0 aliphatic rings. The van der Waals surface area contributed by atoms with E-state index >= 15 is 0 Å². The highest BCUT2D eigenvalue weighted by atomic mass is 32.1. The summed E-state index contributed by atoms with van der Waals surface area (Å²) >= 11 is 4.57. The Morgan fingerprint density at radius 2 is 2.31 bits per heavy atom. The Bertz CT molecular complexity index is 296. The predicted octanol–water partition coefficient (Wildman–Crippen LogP) is 0.443. The first-order valence-electron chi connectivity index (χ1n) is 3.75. The number of nitrogens with two attached hydrogens (primary N) is 1. The molecule has 0 radical (unpaired) electrons. The molecule has 0 amide bonds. The molecule has 0 aromatic carbocycles. The first kappa shape index (κ1) is 9.60. The third kappa shape index (κ3) is 4.17. The molecular weight excluding hydrogens is 184 g/mol. The maximum atomic E-state index is 5.17. The fourth-order valence-electron chi connectivity index (χ4n) is 0.779. The van der Waals surface area contributed by atoms with E-state index in [2.05, 4.69) is 27.7 Å². The van der Waals surface area contributed by atoms with Gasteiger partial charge in [0.05, 0.1) is 0 Å². The van der Waals surface area contributed by atoms with Crippen LogP contribution < -0.4 is 11.2 Å². The van der Waals surface area contributed by atoms with Crippen molar-refractivity contribution in [2.24, 2.45) is 10.8 Å². The molecule has 0 saturated carbocycles. The molecule has 0 aliphatic heterocycles. The van der Waals surface area contributed by atoms with E-state index in [1.54, 1.807) is 18.6 Å². The predicted molar refractivity (Wildman–Crippen MR) is 56.4 cm³/mol. The number of nitrogens with zero attached hydrogens (tertiary/aromatic N) is 2. The fourth-order valence-corrected chi connectivity index (χ4v) is 0.832. The Hall–Kier alpha value is -1.49. The molecular formula is C8H10N4S. The van der Waals surface area contributed by atoms with E-state index in [1.807, 2.05) is 12.1 Å². The smallest absolute Gasteiger partial charge is 0.184 e. The van der Waals surface area contributed by atoms with E-state index in [1.165, 1.54) is 0 Å². The van der Waals surface area contributed by atoms with E-state index in [-0.39, 0.29) is 5.11 Å². The van der Waals surface area contributed by atoms with Crippen LogP contribution in [0.3, 0.4) is 0 Å². The molecule has 0 aliphatic carbocycles. The van der Waals surface area contributed by atoms with E-state index in [9.17, 15) is 0 Å². The molecule has 1 aromatic heterocycles. The maximum Gasteiger partial charge on any atom is 0.184 e. The lowest BCUT2D eigenvalue weighted by Gasteiger charge is -1.94. The minimum Gasteiger partial charge on any atom is -0.375 e. The van der Waals surface area contributed by atoms with Crippen molar-refractivity contribution in [2.75, 3.05) is 0 Å². The van der Waals surface area contributed by atoms with Gasteiger partial charge in [-0.1, -0.05) is 0 Å². The minimum absolute atomic E-state index is 0.172. The van der Waals surface area contributed by atoms with Gasteiger partial charge in [-0.05, 0) is 29.9 Å². The summed E-state index contributed by atoms with van der Waals surface area (Å²) in [7, 11) is 0. The summed E-state index contributed by atoms with van der Waals surface area (Å²) in [6.45, 7) is 0. The Balaban J connectivity index is 2.35. The second kappa shape index (κ2) is 5.21. The second-order valence-electron chi connectivity index (χ2n) is 2.35. The van der Waals surface area contributed by atoms with Crippen LogP contribution in [0.15, 0.2) is 29.6 Å². The van der Waals surface area contributed by atoms with E-state index in [0.717, 1.165) is 12.0 Å². The van der Waals surface area contributed by atoms with Crippen LogP contribution in [0, 0.1) is 0 Å². The van der Waals surface area contributed by atoms with Gasteiger partial charge in [-0.25, -0.2) is 0 Å². The first-order chi connectivity index (χ1) is 6.29. The molecule has 0 fully saturated rings. The maximum absolute atomic E-state index is 5.17. The summed E-state index contributed by atoms with van der Waals surface area (Å²) in [5, 5.41) is 3.98. The second-order valence-corrected chi connectivity index (χ2v) is 2.79. The van der Waals surface area contributed by atoms with Crippen molar-refractivity contribution in [3.63, 3.8) is 0 Å². The van der Waals surface area contributed by atoms with E-state index in [4.69, 9.17) is 5.73 Å². The van der Waals surface area contributed by atoms with Crippen LogP contribution in [-0.4, -0.2) is 16.3 Å². The highest BCUT2D eigenvalue weighted by Gasteiger charge is 1.86. The average molecular weight is 194 g/mol. The Morgan fingerprint density at radius 3 is 2.92 bits per heavy atom. The zero-order valence-corrected chi connectivity index (χ0v) is 7.79. The molecule has 0 atom stereocenters. The molecule has 1 heterocycles. The molecule has 0 unspecified atom stereocenters. The third-order valence-corrected chi connectivity index (χ3v) is 1.43. The SMILES string of the molecule is NC(=S)NN=CCc1ccncc1. The normalized spacial score (nSPS) is 10.2. The van der Waals surface area contributed by atoms with Crippen molar-refractivity contribution in [3.05, 3.63) is 30.1 Å². The van der Waals surface area contributed by atoms with Crippen molar-refractivity contribution >= 4 is 23.5 Å². The number of hydrazone groups is 1. The van der Waals surface area contributed by atoms with E-state index < -0.39 is 0 Å². The topological polar surface area (TPSA) is 63.3 Å². The number of hydrogen-bond donors (Lipinski definition) is 2. The van der Waals surface area contributed by atoms with Crippen LogP contribution in [0.5, 0.6) is 0 Å². The van der Waals surface area contributed by atoms with Crippen LogP contribution in [0.2, 0.25) is 0 Å². The van der Waals surface area contributed by atoms with Gasteiger partial charge in [0, 0.05) is 25.0 Å². The summed E-state index contributed by atoms with van der Waals surface area (Å²) in [4.78, 5) is 3.90. The van der Waals surface area contributed by atoms with Crippen molar-refractivity contribution in [2.45, 2.75) is 6.42 Å². The summed E-state index contributed by atoms with van der Waals surface area (Å²) in [5.74, 6) is 0. The van der Waals surface area contributed by atoms with Crippen molar-refractivity contribution in [1.29, 1.82) is 0 Å². The van der Waals surface area contributed by atoms with Crippen LogP contribution in [-0.2, 0) is 6.42 Å². The van der Waals surface area contributed by atoms with Gasteiger partial charge < -0.3 is 5.73 Å². The van der Waals surface area contributed by atoms with E-state index in [0.29, 0.717) is 0 Å². The monoisotopic (exact) mass is 194 g/mol. The van der Waals surface area contributed by atoms with Gasteiger partial charge in [0.2, 0.25) is 0 Å². The lowest BCUT2D eigenvalue weighted by molar-refractivity contribution is 1.03. The zero-order chi connectivity index (χ0) is 9.52. The lowest BCUT2D eigenvalue weighted by atomic mass is 10.2. The lowest BCUT2D eigenvalue weighted by Crippen LogP contribution is -2.24. The summed E-state index contributed by atoms with van der Waals surface area (Å²) in [6.07, 6.45) is 5.92. The van der Waals surface area contributed by atoms with Crippen LogP contribution in [0.25, 0.3) is 0 Å². The number of aromatic nitrogens is 1. The Morgan fingerprint density at radius 1 is 1.62 bits per heavy atom. The molecule has 0 bridgehead atoms. The average Bonchev–Trinajstić information content (AvgIpc) is 2.14. The first-order valence-corrected chi connectivity index (χ1v) is 4.16. The van der Waals surface area contributed by atoms with Crippen LogP contribution in [0.4, 0.5) is 0 Å². The number of rotatable bonds is 3. The Labute approximate surface area is 81.9 Å².